The van der Waals surface area contributed by atoms with Gasteiger partial charge in [0, 0.05) is 6.42 Å². The van der Waals surface area contributed by atoms with Gasteiger partial charge in [0.05, 0.1) is 11.5 Å². The van der Waals surface area contributed by atoms with Crippen LogP contribution in [0.25, 0.3) is 0 Å². The van der Waals surface area contributed by atoms with Gasteiger partial charge in [-0.15, -0.1) is 0 Å². The first-order chi connectivity index (χ1) is 7.42. The predicted molar refractivity (Wildman–Crippen MR) is 60.8 cm³/mol. The summed E-state index contributed by atoms with van der Waals surface area (Å²) < 4.78 is 27.9. The van der Waals surface area contributed by atoms with E-state index in [1.54, 1.807) is 12.1 Å². The lowest BCUT2D eigenvalue weighted by atomic mass is 10.2. The molecule has 0 aliphatic carbocycles. The molecule has 1 aromatic carbocycles. The van der Waals surface area contributed by atoms with E-state index in [1.807, 2.05) is 6.92 Å². The molecule has 0 aliphatic rings. The van der Waals surface area contributed by atoms with Gasteiger partial charge in [-0.3, -0.25) is 4.18 Å². The Morgan fingerprint density at radius 1 is 1.38 bits per heavy atom. The van der Waals surface area contributed by atoms with Gasteiger partial charge in [0.25, 0.3) is 10.1 Å². The highest BCUT2D eigenvalue weighted by Gasteiger charge is 2.14. The standard InChI is InChI=1S/C10H13ClO4S/c1-8-2-4-9(5-3-8)16(13,14)15-7-6-10(11)12/h2-5,10,12H,6-7H2,1H3. The second-order valence-corrected chi connectivity index (χ2v) is 5.43. The van der Waals surface area contributed by atoms with Crippen LogP contribution in [0.1, 0.15) is 12.0 Å². The molecule has 0 spiro atoms. The topological polar surface area (TPSA) is 63.6 Å². The highest BCUT2D eigenvalue weighted by atomic mass is 35.5. The Labute approximate surface area is 99.9 Å². The zero-order chi connectivity index (χ0) is 12.2. The van der Waals surface area contributed by atoms with E-state index in [2.05, 4.69) is 0 Å². The average Bonchev–Trinajstić information content (AvgIpc) is 2.17. The number of rotatable bonds is 5. The molecule has 0 saturated heterocycles. The molecule has 0 saturated carbocycles. The maximum atomic E-state index is 11.6. The van der Waals surface area contributed by atoms with Crippen molar-refractivity contribution in [3.8, 4) is 0 Å². The summed E-state index contributed by atoms with van der Waals surface area (Å²) in [5, 5.41) is 8.75. The van der Waals surface area contributed by atoms with Crippen LogP contribution >= 0.6 is 11.6 Å². The van der Waals surface area contributed by atoms with Crippen LogP contribution < -0.4 is 0 Å². The molecule has 0 aromatic heterocycles. The molecule has 0 radical (unpaired) electrons. The summed E-state index contributed by atoms with van der Waals surface area (Å²) in [5.74, 6) is 0. The van der Waals surface area contributed by atoms with Crippen LogP contribution in [0.4, 0.5) is 0 Å². The SMILES string of the molecule is Cc1ccc(S(=O)(=O)OCCC(O)Cl)cc1. The summed E-state index contributed by atoms with van der Waals surface area (Å²) in [7, 11) is -3.74. The Balaban J connectivity index is 2.67. The minimum absolute atomic E-state index is 0.0621. The Morgan fingerprint density at radius 2 is 1.94 bits per heavy atom. The Bertz CT molecular complexity index is 425. The van der Waals surface area contributed by atoms with Gasteiger partial charge in [-0.2, -0.15) is 8.42 Å². The molecular weight excluding hydrogens is 252 g/mol. The highest BCUT2D eigenvalue weighted by Crippen LogP contribution is 2.13. The van der Waals surface area contributed by atoms with E-state index < -0.39 is 15.7 Å². The zero-order valence-electron chi connectivity index (χ0n) is 8.76. The van der Waals surface area contributed by atoms with Crippen molar-refractivity contribution >= 4 is 21.7 Å². The van der Waals surface area contributed by atoms with E-state index in [-0.39, 0.29) is 17.9 Å². The molecule has 0 bridgehead atoms. The maximum Gasteiger partial charge on any atom is 0.296 e. The van der Waals surface area contributed by atoms with Crippen LogP contribution in [0.2, 0.25) is 0 Å². The van der Waals surface area contributed by atoms with E-state index >= 15 is 0 Å². The van der Waals surface area contributed by atoms with Crippen LogP contribution in [0.3, 0.4) is 0 Å². The molecule has 1 N–H and O–H groups in total. The molecule has 1 aromatic rings. The van der Waals surface area contributed by atoms with Gasteiger partial charge in [-0.25, -0.2) is 0 Å². The van der Waals surface area contributed by atoms with Crippen molar-refractivity contribution in [1.29, 1.82) is 0 Å². The second kappa shape index (κ2) is 5.63. The van der Waals surface area contributed by atoms with Gasteiger partial charge >= 0.3 is 0 Å². The Hall–Kier alpha value is -0.620. The number of aryl methyl sites for hydroxylation is 1. The molecule has 0 heterocycles. The van der Waals surface area contributed by atoms with Gasteiger partial charge in [-0.05, 0) is 19.1 Å². The molecule has 0 fully saturated rings. The average molecular weight is 265 g/mol. The first-order valence-corrected chi connectivity index (χ1v) is 6.54. The van der Waals surface area contributed by atoms with E-state index in [0.717, 1.165) is 5.56 Å². The summed E-state index contributed by atoms with van der Waals surface area (Å²) in [6, 6.07) is 6.32. The fraction of sp³-hybridized carbons (Fsp3) is 0.400. The van der Waals surface area contributed by atoms with Crippen LogP contribution in [-0.2, 0) is 14.3 Å². The summed E-state index contributed by atoms with van der Waals surface area (Å²) in [4.78, 5) is 0.0992. The number of halogens is 1. The van der Waals surface area contributed by atoms with Crippen molar-refractivity contribution < 1.29 is 17.7 Å². The van der Waals surface area contributed by atoms with Gasteiger partial charge in [0.2, 0.25) is 0 Å². The number of aliphatic hydroxyl groups excluding tert-OH is 1. The van der Waals surface area contributed by atoms with Crippen molar-refractivity contribution in [2.24, 2.45) is 0 Å². The van der Waals surface area contributed by atoms with Crippen LogP contribution in [0.15, 0.2) is 29.2 Å². The summed E-state index contributed by atoms with van der Waals surface area (Å²) in [5.41, 5.74) is -0.122. The largest absolute Gasteiger partial charge is 0.378 e. The molecule has 1 atom stereocenters. The maximum absolute atomic E-state index is 11.6. The quantitative estimate of drug-likeness (QED) is 0.649. The van der Waals surface area contributed by atoms with E-state index in [9.17, 15) is 8.42 Å². The lowest BCUT2D eigenvalue weighted by Gasteiger charge is -2.06. The van der Waals surface area contributed by atoms with E-state index in [0.29, 0.717) is 0 Å². The van der Waals surface area contributed by atoms with Crippen molar-refractivity contribution in [2.75, 3.05) is 6.61 Å². The molecule has 0 aliphatic heterocycles. The Morgan fingerprint density at radius 3 is 2.44 bits per heavy atom. The van der Waals surface area contributed by atoms with Crippen molar-refractivity contribution in [2.45, 2.75) is 23.8 Å². The van der Waals surface area contributed by atoms with Gasteiger partial charge in [-0.1, -0.05) is 29.3 Å². The highest BCUT2D eigenvalue weighted by molar-refractivity contribution is 7.86. The summed E-state index contributed by atoms with van der Waals surface area (Å²) >= 11 is 5.25. The fourth-order valence-electron chi connectivity index (χ4n) is 1.03. The van der Waals surface area contributed by atoms with Crippen molar-refractivity contribution in [1.82, 2.24) is 0 Å². The van der Waals surface area contributed by atoms with Crippen LogP contribution in [0.5, 0.6) is 0 Å². The lowest BCUT2D eigenvalue weighted by molar-refractivity contribution is 0.206. The minimum Gasteiger partial charge on any atom is -0.378 e. The predicted octanol–water partition coefficient (Wildman–Crippen LogP) is 1.65. The molecule has 4 nitrogen and oxygen atoms in total. The minimum atomic E-state index is -3.74. The normalized spacial score (nSPS) is 13.7. The third-order valence-corrected chi connectivity index (χ3v) is 3.45. The van der Waals surface area contributed by atoms with Gasteiger partial charge in [0.1, 0.15) is 5.56 Å². The second-order valence-electron chi connectivity index (χ2n) is 3.31. The molecule has 1 unspecified atom stereocenters. The summed E-state index contributed by atoms with van der Waals surface area (Å²) in [6.07, 6.45) is 0.0621. The third kappa shape index (κ3) is 4.09. The number of hydrogen-bond donors (Lipinski definition) is 1. The van der Waals surface area contributed by atoms with E-state index in [1.165, 1.54) is 12.1 Å². The smallest absolute Gasteiger partial charge is 0.296 e. The summed E-state index contributed by atoms with van der Waals surface area (Å²) in [6.45, 7) is 1.72. The third-order valence-electron chi connectivity index (χ3n) is 1.90. The van der Waals surface area contributed by atoms with Crippen molar-refractivity contribution in [3.05, 3.63) is 29.8 Å². The molecule has 6 heteroatoms. The number of benzene rings is 1. The van der Waals surface area contributed by atoms with Crippen LogP contribution in [0, 0.1) is 6.92 Å². The number of aliphatic hydroxyl groups is 1. The van der Waals surface area contributed by atoms with Crippen molar-refractivity contribution in [3.63, 3.8) is 0 Å². The first-order valence-electron chi connectivity index (χ1n) is 4.70. The molecule has 16 heavy (non-hydrogen) atoms. The van der Waals surface area contributed by atoms with Gasteiger partial charge < -0.3 is 5.11 Å². The van der Waals surface area contributed by atoms with Crippen LogP contribution in [-0.4, -0.2) is 25.7 Å². The first kappa shape index (κ1) is 13.4. The lowest BCUT2D eigenvalue weighted by Crippen LogP contribution is -2.10. The fourth-order valence-corrected chi connectivity index (χ4v) is 2.04. The monoisotopic (exact) mass is 264 g/mol. The van der Waals surface area contributed by atoms with Gasteiger partial charge in [0.15, 0.2) is 0 Å². The molecule has 1 rings (SSSR count). The number of hydrogen-bond acceptors (Lipinski definition) is 4. The number of alkyl halides is 1. The zero-order valence-corrected chi connectivity index (χ0v) is 10.3. The van der Waals surface area contributed by atoms with E-state index in [4.69, 9.17) is 20.9 Å². The molecular formula is C10H13ClO4S. The molecule has 0 amide bonds. The Kier molecular flexibility index (Phi) is 4.73. The molecule has 90 valence electrons.